The van der Waals surface area contributed by atoms with Gasteiger partial charge >= 0.3 is 12.1 Å². The van der Waals surface area contributed by atoms with Crippen molar-refractivity contribution in [3.8, 4) is 17.5 Å². The fraction of sp³-hybridized carbons (Fsp3) is 0.500. The monoisotopic (exact) mass is 456 g/mol. The maximum absolute atomic E-state index is 12.9. The standard InChI is InChI=1S/C24H32N4O5/c1-7-24(6,28-22(30)33-23(3,4)5)20(29)27-16-13-25-21(26-14-16)32-18-10-8-9-17-19(18)15(2)11-12-31-17/h8-10,13-15H,7,11-12H2,1-6H3,(H,27,29)(H,28,30)/t15?,24-/m1/s1. The van der Waals surface area contributed by atoms with Gasteiger partial charge in [-0.05, 0) is 58.6 Å². The second-order valence-electron chi connectivity index (χ2n) is 9.33. The fourth-order valence-electron chi connectivity index (χ4n) is 3.35. The van der Waals surface area contributed by atoms with Crippen LogP contribution < -0.4 is 20.1 Å². The molecule has 9 nitrogen and oxygen atoms in total. The molecule has 2 heterocycles. The third-order valence-corrected chi connectivity index (χ3v) is 5.40. The lowest BCUT2D eigenvalue weighted by Crippen LogP contribution is -2.55. The van der Waals surface area contributed by atoms with Gasteiger partial charge in [0.2, 0.25) is 5.91 Å². The van der Waals surface area contributed by atoms with Gasteiger partial charge in [0.15, 0.2) is 0 Å². The van der Waals surface area contributed by atoms with E-state index in [2.05, 4.69) is 27.5 Å². The molecule has 2 atom stereocenters. The van der Waals surface area contributed by atoms with Crippen molar-refractivity contribution in [3.63, 3.8) is 0 Å². The first-order chi connectivity index (χ1) is 15.5. The Labute approximate surface area is 194 Å². The molecule has 2 aromatic rings. The largest absolute Gasteiger partial charge is 0.493 e. The highest BCUT2D eigenvalue weighted by molar-refractivity contribution is 5.99. The predicted molar refractivity (Wildman–Crippen MR) is 124 cm³/mol. The van der Waals surface area contributed by atoms with Crippen LogP contribution in [0, 0.1) is 0 Å². The molecule has 3 rings (SSSR count). The summed E-state index contributed by atoms with van der Waals surface area (Å²) in [6.45, 7) is 11.5. The number of fused-ring (bicyclic) bond motifs is 1. The van der Waals surface area contributed by atoms with Crippen LogP contribution in [0.3, 0.4) is 0 Å². The summed E-state index contributed by atoms with van der Waals surface area (Å²) in [6.07, 6.45) is 3.52. The number of amides is 2. The van der Waals surface area contributed by atoms with Crippen molar-refractivity contribution in [2.24, 2.45) is 0 Å². The molecule has 0 bridgehead atoms. The summed E-state index contributed by atoms with van der Waals surface area (Å²) in [5, 5.41) is 5.39. The minimum absolute atomic E-state index is 0.157. The molecule has 1 aliphatic rings. The molecule has 0 aliphatic carbocycles. The number of hydrogen-bond acceptors (Lipinski definition) is 7. The summed E-state index contributed by atoms with van der Waals surface area (Å²) in [5.74, 6) is 1.35. The fourth-order valence-corrected chi connectivity index (χ4v) is 3.35. The predicted octanol–water partition coefficient (Wildman–Crippen LogP) is 4.79. The Bertz CT molecular complexity index is 1000. The maximum Gasteiger partial charge on any atom is 0.408 e. The first kappa shape index (κ1) is 24.3. The topological polar surface area (TPSA) is 112 Å². The van der Waals surface area contributed by atoms with Gasteiger partial charge in [-0.3, -0.25) is 4.79 Å². The summed E-state index contributed by atoms with van der Waals surface area (Å²) in [6, 6.07) is 5.81. The molecular formula is C24H32N4O5. The first-order valence-electron chi connectivity index (χ1n) is 11.1. The lowest BCUT2D eigenvalue weighted by molar-refractivity contribution is -0.122. The van der Waals surface area contributed by atoms with E-state index in [-0.39, 0.29) is 6.01 Å². The number of alkyl carbamates (subject to hydrolysis) is 1. The normalized spacial score (nSPS) is 17.1. The van der Waals surface area contributed by atoms with Crippen molar-refractivity contribution in [1.29, 1.82) is 0 Å². The van der Waals surface area contributed by atoms with E-state index >= 15 is 0 Å². The van der Waals surface area contributed by atoms with Crippen molar-refractivity contribution in [2.45, 2.75) is 71.4 Å². The van der Waals surface area contributed by atoms with E-state index in [0.29, 0.717) is 30.4 Å². The Morgan fingerprint density at radius 3 is 2.52 bits per heavy atom. The van der Waals surface area contributed by atoms with Crippen molar-refractivity contribution >= 4 is 17.7 Å². The maximum atomic E-state index is 12.9. The Hall–Kier alpha value is -3.36. The Balaban J connectivity index is 1.67. The van der Waals surface area contributed by atoms with Gasteiger partial charge in [-0.15, -0.1) is 0 Å². The number of carbonyl (C=O) groups excluding carboxylic acids is 2. The number of hydrogen-bond donors (Lipinski definition) is 2. The Kier molecular flexibility index (Phi) is 7.09. The van der Waals surface area contributed by atoms with Crippen LogP contribution in [0.5, 0.6) is 17.5 Å². The molecule has 0 radical (unpaired) electrons. The highest BCUT2D eigenvalue weighted by Gasteiger charge is 2.35. The summed E-state index contributed by atoms with van der Waals surface area (Å²) in [5.41, 5.74) is -0.459. The lowest BCUT2D eigenvalue weighted by Gasteiger charge is -2.30. The van der Waals surface area contributed by atoms with Crippen LogP contribution in [0.1, 0.15) is 65.9 Å². The second-order valence-corrected chi connectivity index (χ2v) is 9.33. The zero-order chi connectivity index (χ0) is 24.2. The van der Waals surface area contributed by atoms with Gasteiger partial charge in [-0.2, -0.15) is 0 Å². The molecule has 178 valence electrons. The van der Waals surface area contributed by atoms with E-state index in [0.717, 1.165) is 17.7 Å². The number of anilines is 1. The van der Waals surface area contributed by atoms with Crippen LogP contribution in [0.4, 0.5) is 10.5 Å². The Morgan fingerprint density at radius 2 is 1.88 bits per heavy atom. The van der Waals surface area contributed by atoms with E-state index in [1.54, 1.807) is 34.6 Å². The van der Waals surface area contributed by atoms with Crippen LogP contribution in [0.25, 0.3) is 0 Å². The third-order valence-electron chi connectivity index (χ3n) is 5.40. The van der Waals surface area contributed by atoms with Gasteiger partial charge in [-0.25, -0.2) is 14.8 Å². The zero-order valence-electron chi connectivity index (χ0n) is 20.0. The number of ether oxygens (including phenoxy) is 3. The van der Waals surface area contributed by atoms with Crippen LogP contribution in [0.2, 0.25) is 0 Å². The number of aromatic nitrogens is 2. The molecule has 1 aromatic heterocycles. The molecule has 1 aromatic carbocycles. The highest BCUT2D eigenvalue weighted by Crippen LogP contribution is 2.41. The second kappa shape index (κ2) is 9.64. The molecule has 1 unspecified atom stereocenters. The molecule has 0 spiro atoms. The molecule has 33 heavy (non-hydrogen) atoms. The first-order valence-corrected chi connectivity index (χ1v) is 11.1. The van der Waals surface area contributed by atoms with Gasteiger partial charge in [0.1, 0.15) is 22.6 Å². The van der Waals surface area contributed by atoms with Crippen LogP contribution in [-0.4, -0.2) is 39.7 Å². The quantitative estimate of drug-likeness (QED) is 0.643. The summed E-state index contributed by atoms with van der Waals surface area (Å²) >= 11 is 0. The van der Waals surface area contributed by atoms with Crippen molar-refractivity contribution in [2.75, 3.05) is 11.9 Å². The van der Waals surface area contributed by atoms with Gasteiger partial charge < -0.3 is 24.8 Å². The lowest BCUT2D eigenvalue weighted by atomic mass is 9.94. The van der Waals surface area contributed by atoms with Crippen molar-refractivity contribution < 1.29 is 23.8 Å². The molecule has 0 saturated carbocycles. The molecule has 1 aliphatic heterocycles. The van der Waals surface area contributed by atoms with E-state index in [4.69, 9.17) is 14.2 Å². The number of rotatable bonds is 6. The minimum atomic E-state index is -1.17. The van der Waals surface area contributed by atoms with Crippen molar-refractivity contribution in [1.82, 2.24) is 15.3 Å². The SMILES string of the molecule is CC[C@@](C)(NC(=O)OC(C)(C)C)C(=O)Nc1cnc(Oc2cccc3c2C(C)CCO3)nc1. The molecule has 9 heteroatoms. The van der Waals surface area contributed by atoms with Crippen LogP contribution in [-0.2, 0) is 9.53 Å². The molecule has 2 N–H and O–H groups in total. The smallest absolute Gasteiger partial charge is 0.408 e. The highest BCUT2D eigenvalue weighted by atomic mass is 16.6. The number of benzene rings is 1. The van der Waals surface area contributed by atoms with Crippen LogP contribution in [0.15, 0.2) is 30.6 Å². The minimum Gasteiger partial charge on any atom is -0.493 e. The van der Waals surface area contributed by atoms with E-state index in [1.165, 1.54) is 12.4 Å². The van der Waals surface area contributed by atoms with Gasteiger partial charge in [0.25, 0.3) is 0 Å². The molecule has 0 fully saturated rings. The zero-order valence-corrected chi connectivity index (χ0v) is 20.0. The number of nitrogens with zero attached hydrogens (tertiary/aromatic N) is 2. The van der Waals surface area contributed by atoms with E-state index in [1.807, 2.05) is 18.2 Å². The summed E-state index contributed by atoms with van der Waals surface area (Å²) < 4.78 is 16.9. The van der Waals surface area contributed by atoms with E-state index in [9.17, 15) is 9.59 Å². The molecular weight excluding hydrogens is 424 g/mol. The third kappa shape index (κ3) is 6.12. The molecule has 0 saturated heterocycles. The van der Waals surface area contributed by atoms with Crippen molar-refractivity contribution in [3.05, 3.63) is 36.2 Å². The van der Waals surface area contributed by atoms with E-state index < -0.39 is 23.1 Å². The Morgan fingerprint density at radius 1 is 1.18 bits per heavy atom. The average Bonchev–Trinajstić information content (AvgIpc) is 2.74. The van der Waals surface area contributed by atoms with Crippen LogP contribution >= 0.6 is 0 Å². The summed E-state index contributed by atoms with van der Waals surface area (Å²) in [4.78, 5) is 33.5. The van der Waals surface area contributed by atoms with Gasteiger partial charge in [0, 0.05) is 5.56 Å². The van der Waals surface area contributed by atoms with Gasteiger partial charge in [0.05, 0.1) is 24.7 Å². The number of carbonyl (C=O) groups is 2. The van der Waals surface area contributed by atoms with Gasteiger partial charge in [-0.1, -0.05) is 19.9 Å². The summed E-state index contributed by atoms with van der Waals surface area (Å²) in [7, 11) is 0. The number of nitrogens with one attached hydrogen (secondary N) is 2. The average molecular weight is 457 g/mol. The molecule has 2 amide bonds.